The molecule has 0 aliphatic carbocycles. The first-order valence-electron chi connectivity index (χ1n) is 9.53. The van der Waals surface area contributed by atoms with Gasteiger partial charge in [0.1, 0.15) is 5.75 Å². The first kappa shape index (κ1) is 22.2. The summed E-state index contributed by atoms with van der Waals surface area (Å²) >= 11 is 0. The van der Waals surface area contributed by atoms with Gasteiger partial charge in [0.15, 0.2) is 0 Å². The lowest BCUT2D eigenvalue weighted by molar-refractivity contribution is -0.134. The van der Waals surface area contributed by atoms with Crippen LogP contribution in [0.2, 0.25) is 0 Å². The molecule has 5 N–H and O–H groups in total. The predicted molar refractivity (Wildman–Crippen MR) is 107 cm³/mol. The van der Waals surface area contributed by atoms with Gasteiger partial charge in [-0.1, -0.05) is 6.92 Å². The quantitative estimate of drug-likeness (QED) is 0.407. The Morgan fingerprint density at radius 3 is 2.59 bits per heavy atom. The van der Waals surface area contributed by atoms with Crippen LogP contribution in [-0.4, -0.2) is 65.2 Å². The highest BCUT2D eigenvalue weighted by Gasteiger charge is 2.25. The number of carbonyl (C=O) groups is 3. The number of anilines is 1. The maximum atomic E-state index is 12.4. The molecule has 29 heavy (non-hydrogen) atoms. The SMILES string of the molecule is CCN1CCCC1CNC(=O)c1cc(N)cc2c1OCC2.O=C(O)/C=C/C(=O)O. The van der Waals surface area contributed by atoms with Gasteiger partial charge < -0.3 is 26.0 Å². The summed E-state index contributed by atoms with van der Waals surface area (Å²) in [7, 11) is 0. The van der Waals surface area contributed by atoms with Crippen molar-refractivity contribution >= 4 is 23.5 Å². The molecule has 1 saturated heterocycles. The van der Waals surface area contributed by atoms with Gasteiger partial charge in [0.05, 0.1) is 12.2 Å². The van der Waals surface area contributed by atoms with Crippen molar-refractivity contribution in [3.63, 3.8) is 0 Å². The zero-order valence-electron chi connectivity index (χ0n) is 16.4. The summed E-state index contributed by atoms with van der Waals surface area (Å²) in [5.41, 5.74) is 8.12. The average molecular weight is 405 g/mol. The number of amides is 1. The minimum Gasteiger partial charge on any atom is -0.492 e. The molecule has 0 aromatic heterocycles. The first-order valence-corrected chi connectivity index (χ1v) is 9.53. The van der Waals surface area contributed by atoms with Crippen LogP contribution in [-0.2, 0) is 16.0 Å². The van der Waals surface area contributed by atoms with Crippen molar-refractivity contribution in [2.45, 2.75) is 32.2 Å². The maximum absolute atomic E-state index is 12.4. The molecule has 2 aliphatic heterocycles. The molecular formula is C20H27N3O6. The van der Waals surface area contributed by atoms with Gasteiger partial charge in [0, 0.05) is 42.4 Å². The molecule has 9 nitrogen and oxygen atoms in total. The summed E-state index contributed by atoms with van der Waals surface area (Å²) < 4.78 is 5.59. The van der Waals surface area contributed by atoms with E-state index >= 15 is 0 Å². The Balaban J connectivity index is 0.000000321. The molecule has 0 bridgehead atoms. The van der Waals surface area contributed by atoms with Crippen LogP contribution in [0.15, 0.2) is 24.3 Å². The predicted octanol–water partition coefficient (Wildman–Crippen LogP) is 1.13. The van der Waals surface area contributed by atoms with E-state index in [9.17, 15) is 14.4 Å². The van der Waals surface area contributed by atoms with Crippen molar-refractivity contribution in [1.29, 1.82) is 0 Å². The van der Waals surface area contributed by atoms with Crippen LogP contribution in [0.5, 0.6) is 5.75 Å². The van der Waals surface area contributed by atoms with Crippen molar-refractivity contribution in [2.24, 2.45) is 0 Å². The molecule has 158 valence electrons. The number of hydrogen-bond acceptors (Lipinski definition) is 6. The number of nitrogen functional groups attached to an aromatic ring is 1. The van der Waals surface area contributed by atoms with E-state index in [1.54, 1.807) is 6.07 Å². The van der Waals surface area contributed by atoms with Gasteiger partial charge in [-0.15, -0.1) is 0 Å². The van der Waals surface area contributed by atoms with Gasteiger partial charge in [-0.05, 0) is 38.1 Å². The van der Waals surface area contributed by atoms with Crippen molar-refractivity contribution in [3.8, 4) is 5.75 Å². The number of benzene rings is 1. The molecule has 3 rings (SSSR count). The fraction of sp³-hybridized carbons (Fsp3) is 0.450. The number of hydrogen-bond donors (Lipinski definition) is 4. The van der Waals surface area contributed by atoms with Crippen LogP contribution >= 0.6 is 0 Å². The molecule has 9 heteroatoms. The number of nitrogens with two attached hydrogens (primary N) is 1. The number of carboxylic acid groups (broad SMARTS) is 2. The Labute approximate surface area is 169 Å². The first-order chi connectivity index (χ1) is 13.8. The van der Waals surface area contributed by atoms with Gasteiger partial charge in [-0.2, -0.15) is 0 Å². The number of likely N-dealkylation sites (tertiary alicyclic amines) is 1. The summed E-state index contributed by atoms with van der Waals surface area (Å²) in [5, 5.41) is 18.7. The highest BCUT2D eigenvalue weighted by atomic mass is 16.5. The molecule has 0 spiro atoms. The highest BCUT2D eigenvalue weighted by molar-refractivity contribution is 5.98. The molecule has 2 heterocycles. The lowest BCUT2D eigenvalue weighted by Crippen LogP contribution is -2.40. The number of fused-ring (bicyclic) bond motifs is 1. The van der Waals surface area contributed by atoms with Crippen molar-refractivity contribution in [3.05, 3.63) is 35.4 Å². The molecular weight excluding hydrogens is 378 g/mol. The number of nitrogens with zero attached hydrogens (tertiary/aromatic N) is 1. The van der Waals surface area contributed by atoms with E-state index in [0.717, 1.165) is 31.5 Å². The van der Waals surface area contributed by atoms with Crippen LogP contribution in [0.3, 0.4) is 0 Å². The van der Waals surface area contributed by atoms with Crippen LogP contribution in [0.1, 0.15) is 35.7 Å². The second-order valence-electron chi connectivity index (χ2n) is 6.80. The van der Waals surface area contributed by atoms with Gasteiger partial charge in [-0.3, -0.25) is 9.69 Å². The summed E-state index contributed by atoms with van der Waals surface area (Å²) in [5.74, 6) is -1.89. The number of carboxylic acids is 2. The Hall–Kier alpha value is -3.07. The number of ether oxygens (including phenoxy) is 1. The third-order valence-corrected chi connectivity index (χ3v) is 4.82. The molecule has 1 amide bonds. The van der Waals surface area contributed by atoms with Crippen molar-refractivity contribution < 1.29 is 29.3 Å². The van der Waals surface area contributed by atoms with Crippen LogP contribution < -0.4 is 15.8 Å². The average Bonchev–Trinajstić information content (AvgIpc) is 3.32. The number of aliphatic carboxylic acids is 2. The fourth-order valence-electron chi connectivity index (χ4n) is 3.49. The molecule has 1 unspecified atom stereocenters. The second-order valence-corrected chi connectivity index (χ2v) is 6.80. The lowest BCUT2D eigenvalue weighted by Gasteiger charge is -2.23. The van der Waals surface area contributed by atoms with Crippen molar-refractivity contribution in [1.82, 2.24) is 10.2 Å². The molecule has 1 atom stereocenters. The number of rotatable bonds is 6. The third-order valence-electron chi connectivity index (χ3n) is 4.82. The summed E-state index contributed by atoms with van der Waals surface area (Å²) in [6.45, 7) is 5.66. The van der Waals surface area contributed by atoms with Crippen LogP contribution in [0, 0.1) is 0 Å². The standard InChI is InChI=1S/C16H23N3O2.C4H4O4/c1-2-19-6-3-4-13(19)10-18-16(20)14-9-12(17)8-11-5-7-21-15(11)14;5-3(6)1-2-4(7)8/h8-9,13H,2-7,10,17H2,1H3,(H,18,20);1-2H,(H,5,6)(H,7,8)/b;2-1+. The minimum absolute atomic E-state index is 0.0802. The molecule has 0 saturated carbocycles. The summed E-state index contributed by atoms with van der Waals surface area (Å²) in [6, 6.07) is 4.06. The fourth-order valence-corrected chi connectivity index (χ4v) is 3.49. The van der Waals surface area contributed by atoms with Crippen molar-refractivity contribution in [2.75, 3.05) is 32.0 Å². The number of likely N-dealkylation sites (N-methyl/N-ethyl adjacent to an activating group) is 1. The topological polar surface area (TPSA) is 142 Å². The number of carbonyl (C=O) groups excluding carboxylic acids is 1. The van der Waals surface area contributed by atoms with E-state index in [-0.39, 0.29) is 5.91 Å². The summed E-state index contributed by atoms with van der Waals surface area (Å²) in [4.78, 5) is 34.0. The van der Waals surface area contributed by atoms with E-state index in [0.29, 0.717) is 48.3 Å². The minimum atomic E-state index is -1.26. The zero-order valence-corrected chi connectivity index (χ0v) is 16.4. The molecule has 1 fully saturated rings. The van der Waals surface area contributed by atoms with Crippen LogP contribution in [0.25, 0.3) is 0 Å². The van der Waals surface area contributed by atoms with E-state index in [2.05, 4.69) is 17.1 Å². The monoisotopic (exact) mass is 405 g/mol. The smallest absolute Gasteiger partial charge is 0.328 e. The van der Waals surface area contributed by atoms with Gasteiger partial charge in [-0.25, -0.2) is 9.59 Å². The van der Waals surface area contributed by atoms with Gasteiger partial charge >= 0.3 is 11.9 Å². The zero-order chi connectivity index (χ0) is 21.4. The molecule has 1 aromatic carbocycles. The Morgan fingerprint density at radius 2 is 1.97 bits per heavy atom. The van der Waals surface area contributed by atoms with E-state index in [4.69, 9.17) is 20.7 Å². The Kier molecular flexibility index (Phi) is 8.02. The van der Waals surface area contributed by atoms with E-state index < -0.39 is 11.9 Å². The normalized spacial score (nSPS) is 17.9. The van der Waals surface area contributed by atoms with Crippen LogP contribution in [0.4, 0.5) is 5.69 Å². The maximum Gasteiger partial charge on any atom is 0.328 e. The Bertz CT molecular complexity index is 777. The van der Waals surface area contributed by atoms with Gasteiger partial charge in [0.25, 0.3) is 5.91 Å². The molecule has 0 radical (unpaired) electrons. The largest absolute Gasteiger partial charge is 0.492 e. The van der Waals surface area contributed by atoms with E-state index in [1.165, 1.54) is 6.42 Å². The van der Waals surface area contributed by atoms with E-state index in [1.807, 2.05) is 6.07 Å². The summed E-state index contributed by atoms with van der Waals surface area (Å²) in [6.07, 6.45) is 4.31. The highest BCUT2D eigenvalue weighted by Crippen LogP contribution is 2.32. The third kappa shape index (κ3) is 6.49. The Morgan fingerprint density at radius 1 is 1.28 bits per heavy atom. The number of nitrogens with one attached hydrogen (secondary N) is 1. The molecule has 1 aromatic rings. The molecule has 2 aliphatic rings. The lowest BCUT2D eigenvalue weighted by atomic mass is 10.1. The second kappa shape index (κ2) is 10.5. The van der Waals surface area contributed by atoms with Gasteiger partial charge in [0.2, 0.25) is 0 Å².